The molecule has 0 aliphatic carbocycles. The normalized spacial score (nSPS) is 16.9. The van der Waals surface area contributed by atoms with Gasteiger partial charge >= 0.3 is 0 Å². The maximum Gasteiger partial charge on any atom is 0.227 e. The van der Waals surface area contributed by atoms with E-state index in [4.69, 9.17) is 16.3 Å². The second-order valence-electron chi connectivity index (χ2n) is 5.85. The first-order valence-electron chi connectivity index (χ1n) is 8.06. The Kier molecular flexibility index (Phi) is 7.12. The SMILES string of the molecule is COc1ccccc1CC(=O)N1CCNCC1c1cccc(Cl)c1.Cl. The number of nitrogens with zero attached hydrogens (tertiary/aromatic N) is 1. The van der Waals surface area contributed by atoms with Gasteiger partial charge in [-0.2, -0.15) is 0 Å². The molecule has 1 atom stereocenters. The van der Waals surface area contributed by atoms with E-state index in [9.17, 15) is 4.79 Å². The predicted molar refractivity (Wildman–Crippen MR) is 103 cm³/mol. The fraction of sp³-hybridized carbons (Fsp3) is 0.316. The molecule has 1 heterocycles. The number of methoxy groups -OCH3 is 1. The molecule has 1 fully saturated rings. The van der Waals surface area contributed by atoms with Gasteiger partial charge in [-0.05, 0) is 23.8 Å². The van der Waals surface area contributed by atoms with Crippen molar-refractivity contribution >= 4 is 29.9 Å². The van der Waals surface area contributed by atoms with Crippen molar-refractivity contribution in [1.29, 1.82) is 0 Å². The highest BCUT2D eigenvalue weighted by molar-refractivity contribution is 6.30. The molecule has 0 saturated carbocycles. The monoisotopic (exact) mass is 380 g/mol. The highest BCUT2D eigenvalue weighted by atomic mass is 35.5. The first-order chi connectivity index (χ1) is 11.7. The second-order valence-corrected chi connectivity index (χ2v) is 6.29. The Morgan fingerprint density at radius 1 is 1.28 bits per heavy atom. The Morgan fingerprint density at radius 2 is 2.08 bits per heavy atom. The van der Waals surface area contributed by atoms with Gasteiger partial charge in [0.2, 0.25) is 5.91 Å². The van der Waals surface area contributed by atoms with Crippen LogP contribution in [0.15, 0.2) is 48.5 Å². The van der Waals surface area contributed by atoms with Crippen LogP contribution in [0.2, 0.25) is 5.02 Å². The molecule has 2 aromatic rings. The number of benzene rings is 2. The number of rotatable bonds is 4. The van der Waals surface area contributed by atoms with Crippen molar-refractivity contribution in [3.05, 3.63) is 64.7 Å². The number of para-hydroxylation sites is 1. The largest absolute Gasteiger partial charge is 0.496 e. The molecule has 25 heavy (non-hydrogen) atoms. The number of amides is 1. The van der Waals surface area contributed by atoms with Gasteiger partial charge in [0.25, 0.3) is 0 Å². The van der Waals surface area contributed by atoms with Gasteiger partial charge in [0.05, 0.1) is 19.6 Å². The molecular weight excluding hydrogens is 359 g/mol. The van der Waals surface area contributed by atoms with Crippen LogP contribution in [0.1, 0.15) is 17.2 Å². The zero-order chi connectivity index (χ0) is 16.9. The van der Waals surface area contributed by atoms with Crippen LogP contribution in [0.25, 0.3) is 0 Å². The summed E-state index contributed by atoms with van der Waals surface area (Å²) in [4.78, 5) is 14.9. The van der Waals surface area contributed by atoms with Crippen LogP contribution in [-0.2, 0) is 11.2 Å². The standard InChI is InChI=1S/C19H21ClN2O2.ClH/c1-24-18-8-3-2-5-15(18)12-19(23)22-10-9-21-13-17(22)14-6-4-7-16(20)11-14;/h2-8,11,17,21H,9-10,12-13H2,1H3;1H. The number of carbonyl (C=O) groups is 1. The number of ether oxygens (including phenoxy) is 1. The molecule has 4 nitrogen and oxygen atoms in total. The van der Waals surface area contributed by atoms with Crippen molar-refractivity contribution in [2.24, 2.45) is 0 Å². The lowest BCUT2D eigenvalue weighted by atomic mass is 10.0. The Labute approximate surface area is 159 Å². The summed E-state index contributed by atoms with van der Waals surface area (Å²) in [6.07, 6.45) is 0.334. The molecule has 1 unspecified atom stereocenters. The molecule has 0 spiro atoms. The maximum atomic E-state index is 12.9. The maximum absolute atomic E-state index is 12.9. The van der Waals surface area contributed by atoms with E-state index in [1.54, 1.807) is 7.11 Å². The number of carbonyl (C=O) groups excluding carboxylic acids is 1. The van der Waals surface area contributed by atoms with E-state index >= 15 is 0 Å². The molecule has 1 amide bonds. The second kappa shape index (κ2) is 9.09. The molecule has 134 valence electrons. The number of piperazine rings is 1. The first kappa shape index (κ1) is 19.6. The van der Waals surface area contributed by atoms with Gasteiger partial charge in [0.15, 0.2) is 0 Å². The molecular formula is C19H22Cl2N2O2. The molecule has 0 aromatic heterocycles. The average Bonchev–Trinajstić information content (AvgIpc) is 2.62. The summed E-state index contributed by atoms with van der Waals surface area (Å²) in [6, 6.07) is 15.4. The topological polar surface area (TPSA) is 41.6 Å². The molecule has 0 bridgehead atoms. The van der Waals surface area contributed by atoms with E-state index in [0.29, 0.717) is 18.0 Å². The minimum Gasteiger partial charge on any atom is -0.496 e. The van der Waals surface area contributed by atoms with Crippen molar-refractivity contribution in [2.45, 2.75) is 12.5 Å². The third kappa shape index (κ3) is 4.66. The van der Waals surface area contributed by atoms with Crippen LogP contribution < -0.4 is 10.1 Å². The lowest BCUT2D eigenvalue weighted by Crippen LogP contribution is -2.49. The predicted octanol–water partition coefficient (Wildman–Crippen LogP) is 3.49. The van der Waals surface area contributed by atoms with Gasteiger partial charge in [0, 0.05) is 30.2 Å². The van der Waals surface area contributed by atoms with Crippen LogP contribution in [0.3, 0.4) is 0 Å². The number of hydrogen-bond donors (Lipinski definition) is 1. The lowest BCUT2D eigenvalue weighted by Gasteiger charge is -2.37. The quantitative estimate of drug-likeness (QED) is 0.882. The van der Waals surface area contributed by atoms with Crippen LogP contribution in [0, 0.1) is 0 Å². The summed E-state index contributed by atoms with van der Waals surface area (Å²) in [5, 5.41) is 4.05. The third-order valence-corrected chi connectivity index (χ3v) is 4.57. The van der Waals surface area contributed by atoms with Crippen molar-refractivity contribution < 1.29 is 9.53 Å². The number of nitrogens with one attached hydrogen (secondary N) is 1. The van der Waals surface area contributed by atoms with Crippen LogP contribution in [-0.4, -0.2) is 37.6 Å². The van der Waals surface area contributed by atoms with Crippen molar-refractivity contribution in [1.82, 2.24) is 10.2 Å². The summed E-state index contributed by atoms with van der Waals surface area (Å²) in [7, 11) is 1.63. The Hall–Kier alpha value is -1.75. The molecule has 1 aliphatic rings. The minimum absolute atomic E-state index is 0. The van der Waals surface area contributed by atoms with Gasteiger partial charge in [-0.15, -0.1) is 12.4 Å². The number of halogens is 2. The van der Waals surface area contributed by atoms with Crippen LogP contribution >= 0.6 is 24.0 Å². The molecule has 6 heteroatoms. The molecule has 1 saturated heterocycles. The van der Waals surface area contributed by atoms with E-state index in [0.717, 1.165) is 30.0 Å². The summed E-state index contributed by atoms with van der Waals surface area (Å²) in [6.45, 7) is 2.22. The zero-order valence-corrected chi connectivity index (χ0v) is 15.6. The van der Waals surface area contributed by atoms with E-state index < -0.39 is 0 Å². The summed E-state index contributed by atoms with van der Waals surface area (Å²) in [5.41, 5.74) is 1.97. The summed E-state index contributed by atoms with van der Waals surface area (Å²) >= 11 is 6.12. The first-order valence-corrected chi connectivity index (χ1v) is 8.44. The molecule has 0 radical (unpaired) electrons. The van der Waals surface area contributed by atoms with Crippen molar-refractivity contribution in [2.75, 3.05) is 26.7 Å². The summed E-state index contributed by atoms with van der Waals surface area (Å²) < 4.78 is 5.36. The Bertz CT molecular complexity index is 724. The van der Waals surface area contributed by atoms with Gasteiger partial charge in [-0.25, -0.2) is 0 Å². The summed E-state index contributed by atoms with van der Waals surface area (Å²) in [5.74, 6) is 0.853. The van der Waals surface area contributed by atoms with Gasteiger partial charge in [-0.1, -0.05) is 41.9 Å². The van der Waals surface area contributed by atoms with Gasteiger partial charge in [-0.3, -0.25) is 4.79 Å². The van der Waals surface area contributed by atoms with E-state index in [-0.39, 0.29) is 24.4 Å². The fourth-order valence-corrected chi connectivity index (χ4v) is 3.33. The van der Waals surface area contributed by atoms with E-state index in [2.05, 4.69) is 5.32 Å². The third-order valence-electron chi connectivity index (χ3n) is 4.33. The Balaban J connectivity index is 0.00000225. The van der Waals surface area contributed by atoms with Crippen molar-refractivity contribution in [3.63, 3.8) is 0 Å². The zero-order valence-electron chi connectivity index (χ0n) is 14.1. The highest BCUT2D eigenvalue weighted by Gasteiger charge is 2.28. The van der Waals surface area contributed by atoms with Crippen molar-refractivity contribution in [3.8, 4) is 5.75 Å². The minimum atomic E-state index is -0.000317. The highest BCUT2D eigenvalue weighted by Crippen LogP contribution is 2.26. The molecule has 3 rings (SSSR count). The molecule has 2 aromatic carbocycles. The van der Waals surface area contributed by atoms with Gasteiger partial charge in [0.1, 0.15) is 5.75 Å². The fourth-order valence-electron chi connectivity index (χ4n) is 3.13. The smallest absolute Gasteiger partial charge is 0.227 e. The van der Waals surface area contributed by atoms with Crippen LogP contribution in [0.5, 0.6) is 5.75 Å². The van der Waals surface area contributed by atoms with Gasteiger partial charge < -0.3 is 15.0 Å². The number of hydrogen-bond acceptors (Lipinski definition) is 3. The molecule has 1 N–H and O–H groups in total. The molecule has 1 aliphatic heterocycles. The Morgan fingerprint density at radius 3 is 2.84 bits per heavy atom. The lowest BCUT2D eigenvalue weighted by molar-refractivity contribution is -0.133. The van der Waals surface area contributed by atoms with E-state index in [1.165, 1.54) is 0 Å². The van der Waals surface area contributed by atoms with Crippen LogP contribution in [0.4, 0.5) is 0 Å². The average molecular weight is 381 g/mol. The van der Waals surface area contributed by atoms with E-state index in [1.807, 2.05) is 53.4 Å².